The molecule has 1 aliphatic rings. The predicted octanol–water partition coefficient (Wildman–Crippen LogP) is 3.50. The molecule has 0 saturated heterocycles. The van der Waals surface area contributed by atoms with Crippen molar-refractivity contribution in [1.29, 1.82) is 0 Å². The lowest BCUT2D eigenvalue weighted by atomic mass is 9.73. The molecule has 1 fully saturated rings. The minimum Gasteiger partial charge on any atom is -0.322 e. The Labute approximate surface area is 127 Å². The third-order valence-electron chi connectivity index (χ3n) is 5.22. The van der Waals surface area contributed by atoms with Crippen LogP contribution >= 0.6 is 0 Å². The number of fused-ring (bicyclic) bond motifs is 1. The van der Waals surface area contributed by atoms with E-state index in [9.17, 15) is 0 Å². The van der Waals surface area contributed by atoms with Gasteiger partial charge in [-0.3, -0.25) is 4.98 Å². The first-order valence-corrected chi connectivity index (χ1v) is 7.91. The summed E-state index contributed by atoms with van der Waals surface area (Å²) in [6.07, 6.45) is 10.1. The highest BCUT2D eigenvalue weighted by Crippen LogP contribution is 2.42. The third kappa shape index (κ3) is 2.45. The number of rotatable bonds is 3. The van der Waals surface area contributed by atoms with Gasteiger partial charge in [-0.25, -0.2) is 0 Å². The number of benzene rings is 1. The minimum absolute atomic E-state index is 0.00593. The Balaban J connectivity index is 2.08. The van der Waals surface area contributed by atoms with Crippen molar-refractivity contribution in [3.63, 3.8) is 0 Å². The molecule has 1 heterocycles. The summed E-state index contributed by atoms with van der Waals surface area (Å²) in [5.74, 6) is 0. The Bertz CT molecular complexity index is 609. The molecule has 0 radical (unpaired) electrons. The molecule has 1 aromatic carbocycles. The molecule has 21 heavy (non-hydrogen) atoms. The molecule has 3 rings (SSSR count). The summed E-state index contributed by atoms with van der Waals surface area (Å²) in [6.45, 7) is 0. The fourth-order valence-electron chi connectivity index (χ4n) is 3.88. The van der Waals surface area contributed by atoms with E-state index in [0.717, 1.165) is 0 Å². The van der Waals surface area contributed by atoms with Crippen molar-refractivity contribution >= 4 is 10.8 Å². The lowest BCUT2D eigenvalue weighted by Gasteiger charge is -2.47. The number of aromatic nitrogens is 1. The van der Waals surface area contributed by atoms with E-state index in [-0.39, 0.29) is 11.6 Å². The van der Waals surface area contributed by atoms with Crippen molar-refractivity contribution in [3.05, 3.63) is 42.2 Å². The van der Waals surface area contributed by atoms with Crippen molar-refractivity contribution in [1.82, 2.24) is 9.88 Å². The van der Waals surface area contributed by atoms with E-state index in [1.54, 1.807) is 0 Å². The second-order valence-corrected chi connectivity index (χ2v) is 6.49. The third-order valence-corrected chi connectivity index (χ3v) is 5.22. The van der Waals surface area contributed by atoms with Crippen LogP contribution in [0.1, 0.15) is 43.7 Å². The first-order chi connectivity index (χ1) is 10.1. The van der Waals surface area contributed by atoms with E-state index >= 15 is 0 Å². The highest BCUT2D eigenvalue weighted by Gasteiger charge is 2.41. The molecule has 1 aromatic heterocycles. The van der Waals surface area contributed by atoms with Gasteiger partial charge in [0, 0.05) is 23.3 Å². The fourth-order valence-corrected chi connectivity index (χ4v) is 3.88. The van der Waals surface area contributed by atoms with Crippen LogP contribution in [0.15, 0.2) is 36.7 Å². The van der Waals surface area contributed by atoms with Crippen LogP contribution in [0.2, 0.25) is 0 Å². The lowest BCUT2D eigenvalue weighted by molar-refractivity contribution is 0.0717. The van der Waals surface area contributed by atoms with Crippen molar-refractivity contribution in [2.45, 2.75) is 43.7 Å². The first-order valence-electron chi connectivity index (χ1n) is 7.91. The van der Waals surface area contributed by atoms with E-state index in [2.05, 4.69) is 48.2 Å². The number of nitrogens with two attached hydrogens (primary N) is 1. The summed E-state index contributed by atoms with van der Waals surface area (Å²) in [5.41, 5.74) is 8.03. The van der Waals surface area contributed by atoms with E-state index in [0.29, 0.717) is 0 Å². The first kappa shape index (κ1) is 14.5. The average Bonchev–Trinajstić information content (AvgIpc) is 2.54. The van der Waals surface area contributed by atoms with E-state index in [1.807, 2.05) is 12.4 Å². The van der Waals surface area contributed by atoms with Crippen LogP contribution in [0.3, 0.4) is 0 Å². The highest BCUT2D eigenvalue weighted by molar-refractivity contribution is 5.85. The van der Waals surface area contributed by atoms with Gasteiger partial charge in [0.05, 0.1) is 6.04 Å². The van der Waals surface area contributed by atoms with Crippen molar-refractivity contribution in [2.75, 3.05) is 14.1 Å². The van der Waals surface area contributed by atoms with Crippen LogP contribution in [0, 0.1) is 0 Å². The highest BCUT2D eigenvalue weighted by atomic mass is 15.2. The maximum atomic E-state index is 6.79. The topological polar surface area (TPSA) is 42.1 Å². The quantitative estimate of drug-likeness (QED) is 0.937. The Morgan fingerprint density at radius 2 is 1.81 bits per heavy atom. The van der Waals surface area contributed by atoms with Gasteiger partial charge in [0.1, 0.15) is 0 Å². The van der Waals surface area contributed by atoms with E-state index in [1.165, 1.54) is 48.4 Å². The van der Waals surface area contributed by atoms with Crippen LogP contribution in [0.5, 0.6) is 0 Å². The summed E-state index contributed by atoms with van der Waals surface area (Å²) in [7, 11) is 4.34. The smallest absolute Gasteiger partial charge is 0.0503 e. The molecule has 0 bridgehead atoms. The van der Waals surface area contributed by atoms with Gasteiger partial charge in [-0.1, -0.05) is 43.5 Å². The molecule has 1 saturated carbocycles. The number of nitrogens with zero attached hydrogens (tertiary/aromatic N) is 2. The Kier molecular flexibility index (Phi) is 3.96. The Hall–Kier alpha value is -1.45. The number of hydrogen-bond acceptors (Lipinski definition) is 3. The van der Waals surface area contributed by atoms with Crippen LogP contribution < -0.4 is 5.73 Å². The van der Waals surface area contributed by atoms with Gasteiger partial charge in [0.15, 0.2) is 0 Å². The number of likely N-dealkylation sites (N-methyl/N-ethyl adjacent to an activating group) is 1. The zero-order chi connectivity index (χ0) is 14.9. The maximum Gasteiger partial charge on any atom is 0.0503 e. The SMILES string of the molecule is CN(C)C1(C(N)c2cncc3ccccc23)CCCCC1. The lowest BCUT2D eigenvalue weighted by Crippen LogP contribution is -2.53. The normalized spacial score (nSPS) is 19.8. The molecule has 2 aromatic rings. The Morgan fingerprint density at radius 3 is 2.52 bits per heavy atom. The second kappa shape index (κ2) is 5.74. The van der Waals surface area contributed by atoms with Crippen LogP contribution in [-0.2, 0) is 0 Å². The van der Waals surface area contributed by atoms with Gasteiger partial charge in [0.2, 0.25) is 0 Å². The molecule has 1 unspecified atom stereocenters. The minimum atomic E-state index is 0.00593. The largest absolute Gasteiger partial charge is 0.322 e. The zero-order valence-corrected chi connectivity index (χ0v) is 13.0. The molecule has 112 valence electrons. The summed E-state index contributed by atoms with van der Waals surface area (Å²) in [6, 6.07) is 8.43. The number of hydrogen-bond donors (Lipinski definition) is 1. The van der Waals surface area contributed by atoms with Gasteiger partial charge < -0.3 is 10.6 Å². The molecule has 3 nitrogen and oxygen atoms in total. The second-order valence-electron chi connectivity index (χ2n) is 6.49. The molecule has 2 N–H and O–H groups in total. The van der Waals surface area contributed by atoms with Gasteiger partial charge >= 0.3 is 0 Å². The summed E-state index contributed by atoms with van der Waals surface area (Å²) >= 11 is 0. The van der Waals surface area contributed by atoms with Gasteiger partial charge in [0.25, 0.3) is 0 Å². The monoisotopic (exact) mass is 283 g/mol. The van der Waals surface area contributed by atoms with Crippen molar-refractivity contribution in [3.8, 4) is 0 Å². The van der Waals surface area contributed by atoms with Crippen LogP contribution in [-0.4, -0.2) is 29.5 Å². The molecule has 1 aliphatic carbocycles. The van der Waals surface area contributed by atoms with Gasteiger partial charge in [-0.15, -0.1) is 0 Å². The number of pyridine rings is 1. The molecule has 0 aliphatic heterocycles. The van der Waals surface area contributed by atoms with Crippen LogP contribution in [0.25, 0.3) is 10.8 Å². The standard InChI is InChI=1S/C18H25N3/c1-21(2)18(10-6-3-7-11-18)17(19)16-13-20-12-14-8-4-5-9-15(14)16/h4-5,8-9,12-13,17H,3,6-7,10-11,19H2,1-2H3. The van der Waals surface area contributed by atoms with E-state index < -0.39 is 0 Å². The van der Waals surface area contributed by atoms with Gasteiger partial charge in [-0.05, 0) is 37.9 Å². The summed E-state index contributed by atoms with van der Waals surface area (Å²) in [5, 5.41) is 2.42. The summed E-state index contributed by atoms with van der Waals surface area (Å²) in [4.78, 5) is 6.77. The zero-order valence-electron chi connectivity index (χ0n) is 13.0. The molecule has 3 heteroatoms. The fraction of sp³-hybridized carbons (Fsp3) is 0.500. The van der Waals surface area contributed by atoms with E-state index in [4.69, 9.17) is 5.73 Å². The van der Waals surface area contributed by atoms with Gasteiger partial charge in [-0.2, -0.15) is 0 Å². The maximum absolute atomic E-state index is 6.79. The summed E-state index contributed by atoms with van der Waals surface area (Å²) < 4.78 is 0. The predicted molar refractivity (Wildman–Crippen MR) is 88.2 cm³/mol. The molecule has 0 spiro atoms. The van der Waals surface area contributed by atoms with Crippen molar-refractivity contribution < 1.29 is 0 Å². The van der Waals surface area contributed by atoms with Crippen LogP contribution in [0.4, 0.5) is 0 Å². The molecular formula is C18H25N3. The average molecular weight is 283 g/mol. The Morgan fingerprint density at radius 1 is 1.10 bits per heavy atom. The molecule has 1 atom stereocenters. The van der Waals surface area contributed by atoms with Crippen molar-refractivity contribution in [2.24, 2.45) is 5.73 Å². The molecular weight excluding hydrogens is 258 g/mol. The molecule has 0 amide bonds.